The molecular formula is C13H18N2O. The predicted octanol–water partition coefficient (Wildman–Crippen LogP) is 1.57. The highest BCUT2D eigenvalue weighted by atomic mass is 16.3. The Morgan fingerprint density at radius 3 is 2.75 bits per heavy atom. The van der Waals surface area contributed by atoms with Crippen LogP contribution in [0.1, 0.15) is 18.1 Å². The summed E-state index contributed by atoms with van der Waals surface area (Å²) >= 11 is 0. The Balaban J connectivity index is 2.65. The number of nitriles is 1. The van der Waals surface area contributed by atoms with E-state index in [1.54, 1.807) is 0 Å². The van der Waals surface area contributed by atoms with E-state index in [-0.39, 0.29) is 6.61 Å². The molecule has 0 fully saturated rings. The van der Waals surface area contributed by atoms with Crippen LogP contribution < -0.4 is 0 Å². The maximum atomic E-state index is 8.90. The lowest BCUT2D eigenvalue weighted by molar-refractivity contribution is 0.197. The summed E-state index contributed by atoms with van der Waals surface area (Å²) in [6.45, 7) is 4.71. The van der Waals surface area contributed by atoms with Gasteiger partial charge in [0.25, 0.3) is 0 Å². The van der Waals surface area contributed by atoms with Crippen LogP contribution in [-0.2, 0) is 13.0 Å². The summed E-state index contributed by atoms with van der Waals surface area (Å²) < 4.78 is 0. The largest absolute Gasteiger partial charge is 0.395 e. The van der Waals surface area contributed by atoms with Crippen molar-refractivity contribution in [2.45, 2.75) is 19.9 Å². The molecule has 86 valence electrons. The van der Waals surface area contributed by atoms with Crippen molar-refractivity contribution in [1.29, 1.82) is 5.26 Å². The van der Waals surface area contributed by atoms with Gasteiger partial charge < -0.3 is 5.11 Å². The third-order valence-electron chi connectivity index (χ3n) is 2.54. The van der Waals surface area contributed by atoms with Crippen LogP contribution in [0.3, 0.4) is 0 Å². The van der Waals surface area contributed by atoms with Gasteiger partial charge in [0.2, 0.25) is 0 Å². The minimum Gasteiger partial charge on any atom is -0.395 e. The van der Waals surface area contributed by atoms with Crippen molar-refractivity contribution in [3.05, 3.63) is 35.4 Å². The van der Waals surface area contributed by atoms with Crippen molar-refractivity contribution >= 4 is 0 Å². The van der Waals surface area contributed by atoms with E-state index in [0.717, 1.165) is 18.7 Å². The Labute approximate surface area is 96.9 Å². The Bertz CT molecular complexity index is 357. The second kappa shape index (κ2) is 7.00. The van der Waals surface area contributed by atoms with Gasteiger partial charge in [0.15, 0.2) is 0 Å². The van der Waals surface area contributed by atoms with Gasteiger partial charge >= 0.3 is 0 Å². The van der Waals surface area contributed by atoms with Crippen LogP contribution in [0, 0.1) is 11.3 Å². The summed E-state index contributed by atoms with van der Waals surface area (Å²) in [5, 5.41) is 17.5. The fourth-order valence-corrected chi connectivity index (χ4v) is 1.68. The van der Waals surface area contributed by atoms with Gasteiger partial charge in [-0.1, -0.05) is 31.2 Å². The van der Waals surface area contributed by atoms with Gasteiger partial charge in [-0.25, -0.2) is 0 Å². The normalized spacial score (nSPS) is 10.4. The number of rotatable bonds is 6. The first-order chi connectivity index (χ1) is 7.80. The number of nitrogens with zero attached hydrogens (tertiary/aromatic N) is 2. The van der Waals surface area contributed by atoms with Gasteiger partial charge in [0.05, 0.1) is 19.1 Å². The minimum atomic E-state index is 0.186. The SMILES string of the molecule is CCN(CCO)Cc1cccc(CC#N)c1. The first-order valence-electron chi connectivity index (χ1n) is 5.58. The fraction of sp³-hybridized carbons (Fsp3) is 0.462. The van der Waals surface area contributed by atoms with Crippen molar-refractivity contribution in [3.63, 3.8) is 0 Å². The van der Waals surface area contributed by atoms with E-state index < -0.39 is 0 Å². The second-order valence-electron chi connectivity index (χ2n) is 3.75. The van der Waals surface area contributed by atoms with Crippen molar-refractivity contribution in [1.82, 2.24) is 4.90 Å². The monoisotopic (exact) mass is 218 g/mol. The molecule has 0 saturated carbocycles. The van der Waals surface area contributed by atoms with E-state index in [4.69, 9.17) is 10.4 Å². The molecular weight excluding hydrogens is 200 g/mol. The predicted molar refractivity (Wildman–Crippen MR) is 63.8 cm³/mol. The molecule has 3 heteroatoms. The zero-order valence-electron chi connectivity index (χ0n) is 9.69. The molecule has 16 heavy (non-hydrogen) atoms. The van der Waals surface area contributed by atoms with Crippen LogP contribution in [0.25, 0.3) is 0 Å². The summed E-state index contributed by atoms with van der Waals surface area (Å²) in [5.74, 6) is 0. The standard InChI is InChI=1S/C13H18N2O/c1-2-15(8-9-16)11-13-5-3-4-12(10-13)6-7-14/h3-5,10,16H,2,6,8-9,11H2,1H3. The molecule has 1 aromatic rings. The molecule has 0 unspecified atom stereocenters. The molecule has 1 rings (SSSR count). The summed E-state index contributed by atoms with van der Waals surface area (Å²) in [7, 11) is 0. The first kappa shape index (κ1) is 12.7. The van der Waals surface area contributed by atoms with Gasteiger partial charge in [-0.05, 0) is 17.7 Å². The summed E-state index contributed by atoms with van der Waals surface area (Å²) in [4.78, 5) is 2.17. The highest BCUT2D eigenvalue weighted by Crippen LogP contribution is 2.08. The zero-order valence-corrected chi connectivity index (χ0v) is 9.69. The van der Waals surface area contributed by atoms with Crippen LogP contribution >= 0.6 is 0 Å². The number of hydrogen-bond acceptors (Lipinski definition) is 3. The third kappa shape index (κ3) is 4.01. The molecule has 3 nitrogen and oxygen atoms in total. The van der Waals surface area contributed by atoms with Crippen molar-refractivity contribution < 1.29 is 5.11 Å². The van der Waals surface area contributed by atoms with E-state index in [2.05, 4.69) is 30.0 Å². The van der Waals surface area contributed by atoms with Crippen molar-refractivity contribution in [2.24, 2.45) is 0 Å². The lowest BCUT2D eigenvalue weighted by atomic mass is 10.1. The summed E-state index contributed by atoms with van der Waals surface area (Å²) in [5.41, 5.74) is 2.25. The number of hydrogen-bond donors (Lipinski definition) is 1. The molecule has 0 aliphatic rings. The lowest BCUT2D eigenvalue weighted by Crippen LogP contribution is -2.26. The first-order valence-corrected chi connectivity index (χ1v) is 5.58. The Hall–Kier alpha value is -1.37. The summed E-state index contributed by atoms with van der Waals surface area (Å²) in [6, 6.07) is 10.2. The van der Waals surface area contributed by atoms with Crippen LogP contribution in [-0.4, -0.2) is 29.7 Å². The molecule has 0 aromatic heterocycles. The van der Waals surface area contributed by atoms with E-state index >= 15 is 0 Å². The molecule has 0 amide bonds. The lowest BCUT2D eigenvalue weighted by Gasteiger charge is -2.19. The third-order valence-corrected chi connectivity index (χ3v) is 2.54. The molecule has 1 aromatic carbocycles. The molecule has 1 N–H and O–H groups in total. The smallest absolute Gasteiger partial charge is 0.0669 e. The van der Waals surface area contributed by atoms with Gasteiger partial charge in [0.1, 0.15) is 0 Å². The van der Waals surface area contributed by atoms with Gasteiger partial charge in [-0.2, -0.15) is 5.26 Å². The average molecular weight is 218 g/mol. The van der Waals surface area contributed by atoms with E-state index in [0.29, 0.717) is 13.0 Å². The topological polar surface area (TPSA) is 47.3 Å². The van der Waals surface area contributed by atoms with Crippen molar-refractivity contribution in [3.8, 4) is 6.07 Å². The van der Waals surface area contributed by atoms with E-state index in [9.17, 15) is 0 Å². The molecule has 0 radical (unpaired) electrons. The Kier molecular flexibility index (Phi) is 5.55. The minimum absolute atomic E-state index is 0.186. The summed E-state index contributed by atoms with van der Waals surface area (Å²) in [6.07, 6.45) is 0.458. The van der Waals surface area contributed by atoms with Crippen LogP contribution in [0.4, 0.5) is 0 Å². The highest BCUT2D eigenvalue weighted by molar-refractivity contribution is 5.25. The maximum absolute atomic E-state index is 8.90. The van der Waals surface area contributed by atoms with Gasteiger partial charge in [-0.3, -0.25) is 4.90 Å². The second-order valence-corrected chi connectivity index (χ2v) is 3.75. The molecule has 0 atom stereocenters. The Morgan fingerprint density at radius 1 is 1.38 bits per heavy atom. The quantitative estimate of drug-likeness (QED) is 0.788. The zero-order chi connectivity index (χ0) is 11.8. The number of aliphatic hydroxyl groups is 1. The van der Waals surface area contributed by atoms with E-state index in [1.807, 2.05) is 12.1 Å². The number of aliphatic hydroxyl groups excluding tert-OH is 1. The van der Waals surface area contributed by atoms with Crippen LogP contribution in [0.15, 0.2) is 24.3 Å². The average Bonchev–Trinajstić information content (AvgIpc) is 2.29. The fourth-order valence-electron chi connectivity index (χ4n) is 1.68. The van der Waals surface area contributed by atoms with Gasteiger partial charge in [-0.15, -0.1) is 0 Å². The molecule has 0 aliphatic carbocycles. The van der Waals surface area contributed by atoms with Crippen molar-refractivity contribution in [2.75, 3.05) is 19.7 Å². The van der Waals surface area contributed by atoms with E-state index in [1.165, 1.54) is 5.56 Å². The molecule has 0 heterocycles. The Morgan fingerprint density at radius 2 is 2.12 bits per heavy atom. The number of likely N-dealkylation sites (N-methyl/N-ethyl adjacent to an activating group) is 1. The van der Waals surface area contributed by atoms with Crippen LogP contribution in [0.2, 0.25) is 0 Å². The van der Waals surface area contributed by atoms with Crippen LogP contribution in [0.5, 0.6) is 0 Å². The van der Waals surface area contributed by atoms with Gasteiger partial charge in [0, 0.05) is 13.1 Å². The number of benzene rings is 1. The molecule has 0 spiro atoms. The molecule has 0 saturated heterocycles. The highest BCUT2D eigenvalue weighted by Gasteiger charge is 2.03. The molecule has 0 aliphatic heterocycles. The maximum Gasteiger partial charge on any atom is 0.0669 e. The molecule has 0 bridgehead atoms.